The fraction of sp³-hybridized carbons (Fsp3) is 0.846. The monoisotopic (exact) mass is 196 g/mol. The van der Waals surface area contributed by atoms with Crippen molar-refractivity contribution in [3.8, 4) is 0 Å². The SMILES string of the molecule is [CH2]CCCCCOC1CC[CH]CCC1. The third-order valence-corrected chi connectivity index (χ3v) is 2.88. The van der Waals surface area contributed by atoms with Crippen LogP contribution in [0, 0.1) is 13.3 Å². The lowest BCUT2D eigenvalue weighted by molar-refractivity contribution is 0.0412. The Bertz CT molecular complexity index is 114. The van der Waals surface area contributed by atoms with Crippen LogP contribution in [0.2, 0.25) is 0 Å². The number of hydrogen-bond acceptors (Lipinski definition) is 1. The van der Waals surface area contributed by atoms with Gasteiger partial charge in [0.1, 0.15) is 0 Å². The molecular formula is C13H24O. The van der Waals surface area contributed by atoms with Gasteiger partial charge in [-0.25, -0.2) is 0 Å². The minimum absolute atomic E-state index is 0.550. The average molecular weight is 196 g/mol. The topological polar surface area (TPSA) is 9.23 Å². The van der Waals surface area contributed by atoms with Crippen LogP contribution in [0.1, 0.15) is 57.8 Å². The fourth-order valence-corrected chi connectivity index (χ4v) is 1.95. The Hall–Kier alpha value is -0.0400. The summed E-state index contributed by atoms with van der Waals surface area (Å²) in [5.41, 5.74) is 0. The zero-order valence-electron chi connectivity index (χ0n) is 9.34. The highest BCUT2D eigenvalue weighted by atomic mass is 16.5. The highest BCUT2D eigenvalue weighted by Gasteiger charge is 2.11. The summed E-state index contributed by atoms with van der Waals surface area (Å²) in [7, 11) is 0. The molecule has 0 saturated heterocycles. The van der Waals surface area contributed by atoms with Crippen LogP contribution in [0.5, 0.6) is 0 Å². The second-order valence-corrected chi connectivity index (χ2v) is 4.20. The maximum atomic E-state index is 5.87. The first-order chi connectivity index (χ1) is 6.93. The van der Waals surface area contributed by atoms with Crippen molar-refractivity contribution in [2.24, 2.45) is 0 Å². The fourth-order valence-electron chi connectivity index (χ4n) is 1.95. The van der Waals surface area contributed by atoms with Crippen LogP contribution in [0.3, 0.4) is 0 Å². The first-order valence-corrected chi connectivity index (χ1v) is 6.16. The third-order valence-electron chi connectivity index (χ3n) is 2.88. The van der Waals surface area contributed by atoms with Crippen LogP contribution in [0.4, 0.5) is 0 Å². The lowest BCUT2D eigenvalue weighted by Crippen LogP contribution is -2.12. The van der Waals surface area contributed by atoms with E-state index in [0.717, 1.165) is 13.0 Å². The van der Waals surface area contributed by atoms with E-state index in [1.54, 1.807) is 0 Å². The van der Waals surface area contributed by atoms with Crippen molar-refractivity contribution in [1.82, 2.24) is 0 Å². The summed E-state index contributed by atoms with van der Waals surface area (Å²) in [5, 5.41) is 0. The van der Waals surface area contributed by atoms with Crippen LogP contribution in [-0.2, 0) is 4.74 Å². The van der Waals surface area contributed by atoms with Crippen molar-refractivity contribution in [3.05, 3.63) is 13.3 Å². The summed E-state index contributed by atoms with van der Waals surface area (Å²) in [6, 6.07) is 0. The molecule has 14 heavy (non-hydrogen) atoms. The second kappa shape index (κ2) is 8.28. The predicted molar refractivity (Wildman–Crippen MR) is 61.0 cm³/mol. The van der Waals surface area contributed by atoms with Gasteiger partial charge in [-0.3, -0.25) is 0 Å². The molecule has 1 fully saturated rings. The van der Waals surface area contributed by atoms with Gasteiger partial charge < -0.3 is 4.74 Å². The summed E-state index contributed by atoms with van der Waals surface area (Å²) < 4.78 is 5.87. The molecule has 1 unspecified atom stereocenters. The Morgan fingerprint density at radius 2 is 2.07 bits per heavy atom. The normalized spacial score (nSPS) is 19.5. The minimum atomic E-state index is 0.550. The van der Waals surface area contributed by atoms with E-state index in [2.05, 4.69) is 13.3 Å². The summed E-state index contributed by atoms with van der Waals surface area (Å²) in [5.74, 6) is 0. The Balaban J connectivity index is 1.93. The highest BCUT2D eigenvalue weighted by molar-refractivity contribution is 4.74. The summed E-state index contributed by atoms with van der Waals surface area (Å²) in [6.07, 6.45) is 14.2. The van der Waals surface area contributed by atoms with Crippen molar-refractivity contribution >= 4 is 0 Å². The Labute approximate surface area is 89.2 Å². The Kier molecular flexibility index (Phi) is 7.12. The first kappa shape index (κ1) is 12.0. The molecule has 1 rings (SSSR count). The van der Waals surface area contributed by atoms with Crippen LogP contribution >= 0.6 is 0 Å². The second-order valence-electron chi connectivity index (χ2n) is 4.20. The standard InChI is InChI=1S/C13H24O/c1-2-3-4-9-12-14-13-10-7-5-6-8-11-13/h5,13H,1-4,6-12H2. The van der Waals surface area contributed by atoms with E-state index in [9.17, 15) is 0 Å². The molecule has 2 radical (unpaired) electrons. The summed E-state index contributed by atoms with van der Waals surface area (Å²) >= 11 is 0. The minimum Gasteiger partial charge on any atom is -0.378 e. The maximum absolute atomic E-state index is 5.87. The Morgan fingerprint density at radius 3 is 2.93 bits per heavy atom. The highest BCUT2D eigenvalue weighted by Crippen LogP contribution is 2.19. The lowest BCUT2D eigenvalue weighted by atomic mass is 10.1. The van der Waals surface area contributed by atoms with Gasteiger partial charge in [-0.15, -0.1) is 0 Å². The van der Waals surface area contributed by atoms with Crippen LogP contribution in [0.15, 0.2) is 0 Å². The molecule has 0 aromatic heterocycles. The number of hydrogen-bond donors (Lipinski definition) is 0. The molecule has 1 atom stereocenters. The van der Waals surface area contributed by atoms with E-state index in [1.807, 2.05) is 0 Å². The van der Waals surface area contributed by atoms with Gasteiger partial charge >= 0.3 is 0 Å². The molecule has 0 heterocycles. The van der Waals surface area contributed by atoms with Crippen molar-refractivity contribution in [3.63, 3.8) is 0 Å². The van der Waals surface area contributed by atoms with Crippen LogP contribution < -0.4 is 0 Å². The molecule has 0 bridgehead atoms. The van der Waals surface area contributed by atoms with Crippen molar-refractivity contribution in [2.75, 3.05) is 6.61 Å². The van der Waals surface area contributed by atoms with Crippen LogP contribution in [-0.4, -0.2) is 12.7 Å². The van der Waals surface area contributed by atoms with Gasteiger partial charge in [0.25, 0.3) is 0 Å². The van der Waals surface area contributed by atoms with Crippen molar-refractivity contribution in [2.45, 2.75) is 63.9 Å². The number of ether oxygens (including phenoxy) is 1. The van der Waals surface area contributed by atoms with E-state index in [-0.39, 0.29) is 0 Å². The molecular weight excluding hydrogens is 172 g/mol. The molecule has 1 heteroatoms. The average Bonchev–Trinajstić information content (AvgIpc) is 2.46. The molecule has 0 spiro atoms. The van der Waals surface area contributed by atoms with Gasteiger partial charge in [0.15, 0.2) is 0 Å². The molecule has 0 aliphatic heterocycles. The Morgan fingerprint density at radius 1 is 1.14 bits per heavy atom. The zero-order chi connectivity index (χ0) is 10.1. The summed E-state index contributed by atoms with van der Waals surface area (Å²) in [4.78, 5) is 0. The quantitative estimate of drug-likeness (QED) is 0.462. The van der Waals surface area contributed by atoms with E-state index in [4.69, 9.17) is 4.74 Å². The molecule has 0 aromatic carbocycles. The molecule has 0 aromatic rings. The third kappa shape index (κ3) is 5.64. The smallest absolute Gasteiger partial charge is 0.0575 e. The molecule has 1 saturated carbocycles. The zero-order valence-corrected chi connectivity index (χ0v) is 9.34. The molecule has 1 nitrogen and oxygen atoms in total. The van der Waals surface area contributed by atoms with E-state index < -0.39 is 0 Å². The van der Waals surface area contributed by atoms with E-state index in [0.29, 0.717) is 6.10 Å². The van der Waals surface area contributed by atoms with Crippen molar-refractivity contribution < 1.29 is 4.74 Å². The molecule has 1 aliphatic carbocycles. The maximum Gasteiger partial charge on any atom is 0.0575 e. The largest absolute Gasteiger partial charge is 0.378 e. The van der Waals surface area contributed by atoms with Gasteiger partial charge in [-0.1, -0.05) is 39.0 Å². The van der Waals surface area contributed by atoms with Gasteiger partial charge in [0.2, 0.25) is 0 Å². The molecule has 0 N–H and O–H groups in total. The number of unbranched alkanes of at least 4 members (excludes halogenated alkanes) is 3. The van der Waals surface area contributed by atoms with Gasteiger partial charge in [0, 0.05) is 6.61 Å². The molecule has 1 aliphatic rings. The summed E-state index contributed by atoms with van der Waals surface area (Å²) in [6.45, 7) is 4.80. The molecule has 82 valence electrons. The first-order valence-electron chi connectivity index (χ1n) is 6.16. The van der Waals surface area contributed by atoms with Gasteiger partial charge in [0.05, 0.1) is 6.10 Å². The predicted octanol–water partition coefficient (Wildman–Crippen LogP) is 3.93. The van der Waals surface area contributed by atoms with Crippen LogP contribution in [0.25, 0.3) is 0 Å². The lowest BCUT2D eigenvalue weighted by Gasteiger charge is -2.14. The number of rotatable bonds is 6. The van der Waals surface area contributed by atoms with Gasteiger partial charge in [-0.2, -0.15) is 0 Å². The van der Waals surface area contributed by atoms with E-state index >= 15 is 0 Å². The van der Waals surface area contributed by atoms with Crippen molar-refractivity contribution in [1.29, 1.82) is 0 Å². The molecule has 0 amide bonds. The van der Waals surface area contributed by atoms with E-state index in [1.165, 1.54) is 51.4 Å². The van der Waals surface area contributed by atoms with Gasteiger partial charge in [-0.05, 0) is 32.1 Å².